The molecule has 0 spiro atoms. The predicted molar refractivity (Wildman–Crippen MR) is 79.0 cm³/mol. The molecule has 0 radical (unpaired) electrons. The molecule has 0 fully saturated rings. The van der Waals surface area contributed by atoms with Crippen LogP contribution in [-0.4, -0.2) is 30.9 Å². The first-order valence-corrected chi connectivity index (χ1v) is 7.16. The second-order valence-corrected chi connectivity index (χ2v) is 5.14. The number of hydrogen-bond acceptors (Lipinski definition) is 6. The lowest BCUT2D eigenvalue weighted by atomic mass is 10.3. The molecule has 0 aliphatic carbocycles. The van der Waals surface area contributed by atoms with Crippen LogP contribution in [0, 0.1) is 0 Å². The lowest BCUT2D eigenvalue weighted by Crippen LogP contribution is -2.13. The number of aromatic nitrogens is 5. The van der Waals surface area contributed by atoms with Crippen molar-refractivity contribution >= 4 is 22.4 Å². The first-order chi connectivity index (χ1) is 10.3. The second-order valence-electron chi connectivity index (χ2n) is 4.16. The van der Waals surface area contributed by atoms with E-state index < -0.39 is 0 Å². The molecular weight excluding hydrogens is 288 g/mol. The van der Waals surface area contributed by atoms with E-state index in [1.54, 1.807) is 29.3 Å². The van der Waals surface area contributed by atoms with Crippen molar-refractivity contribution in [1.82, 2.24) is 25.0 Å². The molecule has 106 valence electrons. The molecule has 1 N–H and O–H groups in total. The Bertz CT molecular complexity index is 751. The van der Waals surface area contributed by atoms with Gasteiger partial charge in [0.05, 0.1) is 0 Å². The summed E-state index contributed by atoms with van der Waals surface area (Å²) >= 11 is 1.31. The van der Waals surface area contributed by atoms with E-state index in [4.69, 9.17) is 0 Å². The molecule has 8 heteroatoms. The van der Waals surface area contributed by atoms with Crippen LogP contribution in [-0.2, 0) is 6.54 Å². The second kappa shape index (κ2) is 5.80. The fourth-order valence-electron chi connectivity index (χ4n) is 1.70. The van der Waals surface area contributed by atoms with Crippen molar-refractivity contribution in [2.75, 3.05) is 5.32 Å². The summed E-state index contributed by atoms with van der Waals surface area (Å²) in [5.74, 6) is -0.292. The van der Waals surface area contributed by atoms with Crippen LogP contribution in [0.5, 0.6) is 0 Å². The third kappa shape index (κ3) is 2.95. The third-order valence-corrected chi connectivity index (χ3v) is 3.66. The molecule has 0 bridgehead atoms. The number of carbonyl (C=O) groups excluding carboxylic acids is 1. The summed E-state index contributed by atoms with van der Waals surface area (Å²) in [7, 11) is 0. The van der Waals surface area contributed by atoms with Crippen LogP contribution < -0.4 is 5.32 Å². The van der Waals surface area contributed by atoms with Crippen molar-refractivity contribution in [3.63, 3.8) is 0 Å². The number of rotatable bonds is 4. The number of nitrogens with zero attached hydrogens (tertiary/aromatic N) is 5. The maximum Gasteiger partial charge on any atom is 0.277 e. The van der Waals surface area contributed by atoms with Crippen LogP contribution in [0.1, 0.15) is 17.4 Å². The van der Waals surface area contributed by atoms with Crippen LogP contribution in [0.2, 0.25) is 0 Å². The fraction of sp³-hybridized carbons (Fsp3) is 0.154. The topological polar surface area (TPSA) is 85.6 Å². The van der Waals surface area contributed by atoms with E-state index in [1.807, 2.05) is 19.1 Å². The Morgan fingerprint density at radius 3 is 2.81 bits per heavy atom. The van der Waals surface area contributed by atoms with E-state index in [0.717, 1.165) is 17.1 Å². The Labute approximate surface area is 124 Å². The molecule has 3 aromatic heterocycles. The molecule has 0 aliphatic heterocycles. The van der Waals surface area contributed by atoms with Crippen molar-refractivity contribution in [1.29, 1.82) is 0 Å². The van der Waals surface area contributed by atoms with Crippen molar-refractivity contribution in [2.24, 2.45) is 0 Å². The summed E-state index contributed by atoms with van der Waals surface area (Å²) in [6.07, 6.45) is 5.14. The quantitative estimate of drug-likeness (QED) is 0.797. The summed E-state index contributed by atoms with van der Waals surface area (Å²) in [4.78, 5) is 16.0. The summed E-state index contributed by atoms with van der Waals surface area (Å²) < 4.78 is 1.69. The molecule has 0 unspecified atom stereocenters. The van der Waals surface area contributed by atoms with Gasteiger partial charge in [0, 0.05) is 30.7 Å². The Kier molecular flexibility index (Phi) is 3.69. The highest BCUT2D eigenvalue weighted by molar-refractivity contribution is 7.18. The summed E-state index contributed by atoms with van der Waals surface area (Å²) in [5.41, 5.74) is 1.27. The van der Waals surface area contributed by atoms with Gasteiger partial charge in [-0.25, -0.2) is 0 Å². The monoisotopic (exact) mass is 300 g/mol. The van der Waals surface area contributed by atoms with E-state index in [0.29, 0.717) is 10.8 Å². The number of amides is 1. The SMILES string of the molecule is CCn1ccc(C(=O)Nc2nnc(-c3ccncc3)s2)n1. The van der Waals surface area contributed by atoms with Gasteiger partial charge in [0.25, 0.3) is 5.91 Å². The molecule has 3 heterocycles. The molecule has 3 aromatic rings. The fourth-order valence-corrected chi connectivity index (χ4v) is 2.45. The predicted octanol–water partition coefficient (Wildman–Crippen LogP) is 2.07. The number of pyridine rings is 1. The Morgan fingerprint density at radius 1 is 1.29 bits per heavy atom. The van der Waals surface area contributed by atoms with Gasteiger partial charge in [0.15, 0.2) is 5.69 Å². The average Bonchev–Trinajstić information content (AvgIpc) is 3.17. The standard InChI is InChI=1S/C13H12N6OS/c1-2-19-8-5-10(18-19)11(20)15-13-17-16-12(21-13)9-3-6-14-7-4-9/h3-8H,2H2,1H3,(H,15,17,20). The lowest BCUT2D eigenvalue weighted by molar-refractivity contribution is 0.102. The van der Waals surface area contributed by atoms with Crippen molar-refractivity contribution in [3.05, 3.63) is 42.5 Å². The van der Waals surface area contributed by atoms with Gasteiger partial charge in [-0.15, -0.1) is 10.2 Å². The Hall–Kier alpha value is -2.61. The largest absolute Gasteiger partial charge is 0.295 e. The summed E-state index contributed by atoms with van der Waals surface area (Å²) in [6, 6.07) is 5.35. The van der Waals surface area contributed by atoms with Crippen LogP contribution >= 0.6 is 11.3 Å². The van der Waals surface area contributed by atoms with E-state index in [1.165, 1.54) is 11.3 Å². The van der Waals surface area contributed by atoms with Gasteiger partial charge in [-0.2, -0.15) is 5.10 Å². The molecule has 1 amide bonds. The first kappa shape index (κ1) is 13.4. The van der Waals surface area contributed by atoms with Gasteiger partial charge in [0.1, 0.15) is 5.01 Å². The van der Waals surface area contributed by atoms with Crippen LogP contribution in [0.15, 0.2) is 36.8 Å². The van der Waals surface area contributed by atoms with Gasteiger partial charge in [-0.3, -0.25) is 19.8 Å². The highest BCUT2D eigenvalue weighted by Gasteiger charge is 2.13. The highest BCUT2D eigenvalue weighted by Crippen LogP contribution is 2.25. The Balaban J connectivity index is 1.74. The van der Waals surface area contributed by atoms with Gasteiger partial charge in [-0.1, -0.05) is 11.3 Å². The van der Waals surface area contributed by atoms with Gasteiger partial charge in [-0.05, 0) is 25.1 Å². The van der Waals surface area contributed by atoms with E-state index in [-0.39, 0.29) is 5.91 Å². The van der Waals surface area contributed by atoms with Crippen LogP contribution in [0.25, 0.3) is 10.6 Å². The van der Waals surface area contributed by atoms with Crippen molar-refractivity contribution < 1.29 is 4.79 Å². The van der Waals surface area contributed by atoms with E-state index >= 15 is 0 Å². The van der Waals surface area contributed by atoms with Crippen LogP contribution in [0.4, 0.5) is 5.13 Å². The number of anilines is 1. The number of carbonyl (C=O) groups is 1. The zero-order valence-corrected chi connectivity index (χ0v) is 12.0. The molecular formula is C13H12N6OS. The van der Waals surface area contributed by atoms with Gasteiger partial charge >= 0.3 is 0 Å². The molecule has 7 nitrogen and oxygen atoms in total. The minimum atomic E-state index is -0.292. The molecule has 0 saturated heterocycles. The summed E-state index contributed by atoms with van der Waals surface area (Å²) in [5, 5.41) is 16.0. The zero-order valence-electron chi connectivity index (χ0n) is 11.2. The highest BCUT2D eigenvalue weighted by atomic mass is 32.1. The van der Waals surface area contributed by atoms with Crippen LogP contribution in [0.3, 0.4) is 0 Å². The Morgan fingerprint density at radius 2 is 2.10 bits per heavy atom. The molecule has 0 atom stereocenters. The molecule has 0 aliphatic rings. The zero-order chi connectivity index (χ0) is 14.7. The number of hydrogen-bond donors (Lipinski definition) is 1. The van der Waals surface area contributed by atoms with Crippen molar-refractivity contribution in [3.8, 4) is 10.6 Å². The minimum absolute atomic E-state index is 0.292. The average molecular weight is 300 g/mol. The maximum atomic E-state index is 12.0. The minimum Gasteiger partial charge on any atom is -0.295 e. The third-order valence-electron chi connectivity index (χ3n) is 2.77. The van der Waals surface area contributed by atoms with E-state index in [2.05, 4.69) is 25.6 Å². The van der Waals surface area contributed by atoms with Gasteiger partial charge in [0.2, 0.25) is 5.13 Å². The maximum absolute atomic E-state index is 12.0. The molecule has 3 rings (SSSR count). The number of aryl methyl sites for hydroxylation is 1. The van der Waals surface area contributed by atoms with E-state index in [9.17, 15) is 4.79 Å². The molecule has 0 saturated carbocycles. The smallest absolute Gasteiger partial charge is 0.277 e. The lowest BCUT2D eigenvalue weighted by Gasteiger charge is -1.97. The molecule has 0 aromatic carbocycles. The number of nitrogens with one attached hydrogen (secondary N) is 1. The first-order valence-electron chi connectivity index (χ1n) is 6.35. The van der Waals surface area contributed by atoms with Gasteiger partial charge < -0.3 is 0 Å². The van der Waals surface area contributed by atoms with Crippen molar-refractivity contribution in [2.45, 2.75) is 13.5 Å². The normalized spacial score (nSPS) is 10.5. The summed E-state index contributed by atoms with van der Waals surface area (Å²) in [6.45, 7) is 2.68. The molecule has 21 heavy (non-hydrogen) atoms.